The van der Waals surface area contributed by atoms with Crippen LogP contribution in [0, 0.1) is 6.92 Å². The van der Waals surface area contributed by atoms with Crippen molar-refractivity contribution in [2.75, 3.05) is 0 Å². The number of rotatable bonds is 2. The molecule has 0 bridgehead atoms. The van der Waals surface area contributed by atoms with Crippen molar-refractivity contribution in [3.63, 3.8) is 0 Å². The molecule has 0 amide bonds. The van der Waals surface area contributed by atoms with Gasteiger partial charge in [-0.2, -0.15) is 0 Å². The number of nitrogens with zero attached hydrogens (tertiary/aromatic N) is 2. The molecule has 0 unspecified atom stereocenters. The van der Waals surface area contributed by atoms with E-state index >= 15 is 0 Å². The fraction of sp³-hybridized carbons (Fsp3) is 0.0625. The van der Waals surface area contributed by atoms with E-state index < -0.39 is 0 Å². The average molecular weight is 437 g/mol. The lowest BCUT2D eigenvalue weighted by Crippen LogP contribution is -1.94. The number of hydrogen-bond acceptors (Lipinski definition) is 0. The molecule has 0 radical (unpaired) electrons. The van der Waals surface area contributed by atoms with Crippen LogP contribution in [0.5, 0.6) is 0 Å². The molecule has 2 nitrogen and oxygen atoms in total. The van der Waals surface area contributed by atoms with Gasteiger partial charge in [-0.15, -0.1) is 0 Å². The van der Waals surface area contributed by atoms with Crippen LogP contribution in [0.25, 0.3) is 60.4 Å². The maximum absolute atomic E-state index is 2.39. The van der Waals surface area contributed by atoms with Gasteiger partial charge in [0.2, 0.25) is 0 Å². The van der Waals surface area contributed by atoms with Crippen LogP contribution in [-0.2, 0) is 7.05 Å². The summed E-state index contributed by atoms with van der Waals surface area (Å²) in [4.78, 5) is 0. The van der Waals surface area contributed by atoms with Crippen molar-refractivity contribution in [1.82, 2.24) is 9.13 Å². The van der Waals surface area contributed by atoms with Crippen molar-refractivity contribution in [3.8, 4) is 16.8 Å². The second-order valence-electron chi connectivity index (χ2n) is 9.20. The second kappa shape index (κ2) is 7.10. The molecule has 34 heavy (non-hydrogen) atoms. The van der Waals surface area contributed by atoms with Crippen LogP contribution < -0.4 is 0 Å². The maximum atomic E-state index is 2.39. The summed E-state index contributed by atoms with van der Waals surface area (Å²) in [6, 6.07) is 39.8. The highest BCUT2D eigenvalue weighted by atomic mass is 15.0. The minimum atomic E-state index is 1.20. The summed E-state index contributed by atoms with van der Waals surface area (Å²) in [6.07, 6.45) is 0. The van der Waals surface area contributed by atoms with Crippen molar-refractivity contribution in [1.29, 1.82) is 0 Å². The highest BCUT2D eigenvalue weighted by Gasteiger charge is 2.16. The molecule has 0 atom stereocenters. The van der Waals surface area contributed by atoms with Gasteiger partial charge in [-0.05, 0) is 54.4 Å². The SMILES string of the molecule is Cc1cccc(-n2c3ccccc3c3cc(-c4cccc5c6ccccc6n(C)c45)ccc32)c1. The highest BCUT2D eigenvalue weighted by molar-refractivity contribution is 6.14. The quantitative estimate of drug-likeness (QED) is 0.257. The third kappa shape index (κ3) is 2.63. The second-order valence-corrected chi connectivity index (χ2v) is 9.20. The third-order valence-corrected chi connectivity index (χ3v) is 7.17. The van der Waals surface area contributed by atoms with Crippen LogP contribution in [0.3, 0.4) is 0 Å². The minimum Gasteiger partial charge on any atom is -0.343 e. The summed E-state index contributed by atoms with van der Waals surface area (Å²) in [7, 11) is 2.18. The van der Waals surface area contributed by atoms with Crippen molar-refractivity contribution in [2.45, 2.75) is 6.92 Å². The topological polar surface area (TPSA) is 9.86 Å². The van der Waals surface area contributed by atoms with E-state index in [9.17, 15) is 0 Å². The lowest BCUT2D eigenvalue weighted by atomic mass is 10.00. The zero-order chi connectivity index (χ0) is 22.8. The van der Waals surface area contributed by atoms with Gasteiger partial charge < -0.3 is 9.13 Å². The molecule has 7 aromatic rings. The zero-order valence-electron chi connectivity index (χ0n) is 19.3. The Morgan fingerprint density at radius 3 is 2.03 bits per heavy atom. The van der Waals surface area contributed by atoms with Crippen LogP contribution in [0.4, 0.5) is 0 Å². The van der Waals surface area contributed by atoms with E-state index in [1.807, 2.05) is 0 Å². The number of aromatic nitrogens is 2. The predicted octanol–water partition coefficient (Wildman–Crippen LogP) is 8.40. The Balaban J connectivity index is 1.55. The summed E-state index contributed by atoms with van der Waals surface area (Å²) in [5.41, 5.74) is 10.0. The van der Waals surface area contributed by atoms with Gasteiger partial charge in [0.1, 0.15) is 0 Å². The van der Waals surface area contributed by atoms with E-state index in [1.54, 1.807) is 0 Å². The third-order valence-electron chi connectivity index (χ3n) is 7.17. The smallest absolute Gasteiger partial charge is 0.0568 e. The van der Waals surface area contributed by atoms with E-state index in [-0.39, 0.29) is 0 Å². The first-order valence-electron chi connectivity index (χ1n) is 11.8. The number of para-hydroxylation sites is 3. The first kappa shape index (κ1) is 19.2. The van der Waals surface area contributed by atoms with E-state index in [4.69, 9.17) is 0 Å². The average Bonchev–Trinajstić information content (AvgIpc) is 3.36. The van der Waals surface area contributed by atoms with E-state index in [0.29, 0.717) is 0 Å². The summed E-state index contributed by atoms with van der Waals surface area (Å²) in [5.74, 6) is 0. The van der Waals surface area contributed by atoms with Gasteiger partial charge >= 0.3 is 0 Å². The van der Waals surface area contributed by atoms with E-state index in [1.165, 1.54) is 66.0 Å². The van der Waals surface area contributed by atoms with Gasteiger partial charge in [0.15, 0.2) is 0 Å². The minimum absolute atomic E-state index is 1.20. The Bertz CT molecular complexity index is 1880. The summed E-state index contributed by atoms with van der Waals surface area (Å²) in [6.45, 7) is 2.15. The van der Waals surface area contributed by atoms with Crippen LogP contribution in [0.15, 0.2) is 109 Å². The molecule has 0 aliphatic carbocycles. The summed E-state index contributed by atoms with van der Waals surface area (Å²) < 4.78 is 4.72. The van der Waals surface area contributed by atoms with Gasteiger partial charge in [0.05, 0.1) is 16.6 Å². The normalized spacial score (nSPS) is 11.8. The summed E-state index contributed by atoms with van der Waals surface area (Å²) in [5, 5.41) is 5.17. The molecule has 162 valence electrons. The van der Waals surface area contributed by atoms with Crippen LogP contribution >= 0.6 is 0 Å². The van der Waals surface area contributed by atoms with Gasteiger partial charge in [-0.3, -0.25) is 0 Å². The van der Waals surface area contributed by atoms with Gasteiger partial charge in [0, 0.05) is 45.4 Å². The molecule has 2 heteroatoms. The fourth-order valence-corrected chi connectivity index (χ4v) is 5.66. The number of hydrogen-bond donors (Lipinski definition) is 0. The molecule has 0 spiro atoms. The molecule has 0 saturated heterocycles. The molecule has 2 aromatic heterocycles. The van der Waals surface area contributed by atoms with Crippen LogP contribution in [0.2, 0.25) is 0 Å². The molecule has 5 aromatic carbocycles. The van der Waals surface area contributed by atoms with Crippen LogP contribution in [-0.4, -0.2) is 9.13 Å². The molecular formula is C32H24N2. The fourth-order valence-electron chi connectivity index (χ4n) is 5.66. The molecule has 0 saturated carbocycles. The summed E-state index contributed by atoms with van der Waals surface area (Å²) >= 11 is 0. The molecular weight excluding hydrogens is 412 g/mol. The number of benzene rings is 5. The molecule has 0 fully saturated rings. The monoisotopic (exact) mass is 436 g/mol. The Morgan fingerprint density at radius 1 is 0.529 bits per heavy atom. The number of aryl methyl sites for hydroxylation is 2. The van der Waals surface area contributed by atoms with Crippen molar-refractivity contribution in [3.05, 3.63) is 115 Å². The molecule has 0 aliphatic rings. The van der Waals surface area contributed by atoms with Crippen molar-refractivity contribution < 1.29 is 0 Å². The van der Waals surface area contributed by atoms with Crippen molar-refractivity contribution >= 4 is 43.6 Å². The first-order valence-corrected chi connectivity index (χ1v) is 11.8. The zero-order valence-corrected chi connectivity index (χ0v) is 19.3. The molecule has 7 rings (SSSR count). The van der Waals surface area contributed by atoms with Gasteiger partial charge in [0.25, 0.3) is 0 Å². The maximum Gasteiger partial charge on any atom is 0.0568 e. The van der Waals surface area contributed by atoms with Gasteiger partial charge in [-0.25, -0.2) is 0 Å². The molecule has 0 aliphatic heterocycles. The lowest BCUT2D eigenvalue weighted by Gasteiger charge is -2.10. The predicted molar refractivity (Wildman–Crippen MR) is 145 cm³/mol. The molecule has 2 heterocycles. The molecule has 0 N–H and O–H groups in total. The van der Waals surface area contributed by atoms with Crippen molar-refractivity contribution in [2.24, 2.45) is 7.05 Å². The standard InChI is InChI=1S/C32H24N2/c1-21-9-7-10-23(19-21)34-30-16-6-4-12-26(30)28-20-22(17-18-31(28)34)24-13-8-14-27-25-11-3-5-15-29(25)33(2)32(24)27/h3-20H,1-2H3. The first-order chi connectivity index (χ1) is 16.7. The Hall–Kier alpha value is -4.30. The highest BCUT2D eigenvalue weighted by Crippen LogP contribution is 2.39. The number of fused-ring (bicyclic) bond motifs is 6. The largest absolute Gasteiger partial charge is 0.343 e. The van der Waals surface area contributed by atoms with E-state index in [0.717, 1.165) is 0 Å². The Labute approximate surface area is 198 Å². The lowest BCUT2D eigenvalue weighted by molar-refractivity contribution is 1.02. The van der Waals surface area contributed by atoms with Gasteiger partial charge in [-0.1, -0.05) is 72.8 Å². The Kier molecular flexibility index (Phi) is 4.01. The van der Waals surface area contributed by atoms with E-state index in [2.05, 4.69) is 132 Å². The van der Waals surface area contributed by atoms with Crippen LogP contribution in [0.1, 0.15) is 5.56 Å². The Morgan fingerprint density at radius 2 is 1.21 bits per heavy atom.